The molecular formula is C28H24ClF3N2O3S. The number of carbonyl (C=O) groups excluding carboxylic acids is 1. The SMILES string of the molecule is CN(Cc1cc(F)cc(F)c1)C(=O)C(F)(C1CCc2c([nH]c3ccc(Cl)cc23)C1)S(=O)(=O)c1ccccc1. The van der Waals surface area contributed by atoms with E-state index in [2.05, 4.69) is 4.98 Å². The molecule has 1 aromatic heterocycles. The van der Waals surface area contributed by atoms with E-state index in [0.29, 0.717) is 23.2 Å². The Morgan fingerprint density at radius 3 is 2.45 bits per heavy atom. The Hall–Kier alpha value is -3.30. The van der Waals surface area contributed by atoms with Crippen LogP contribution in [0.5, 0.6) is 0 Å². The standard InChI is InChI=1S/C28H24ClF3N2O3S/c1-34(16-17-11-20(30)15-21(31)12-17)27(35)28(32,38(36,37)22-5-3-2-4-6-22)18-7-9-23-24-14-19(29)8-10-25(24)33-26(23)13-18/h2-6,8,10-12,14-15,18,33H,7,9,13,16H2,1H3. The van der Waals surface area contributed by atoms with Crippen LogP contribution in [0, 0.1) is 17.6 Å². The molecule has 1 amide bonds. The second-order valence-electron chi connectivity index (χ2n) is 9.61. The number of carbonyl (C=O) groups is 1. The summed E-state index contributed by atoms with van der Waals surface area (Å²) >= 11 is 6.16. The van der Waals surface area contributed by atoms with Crippen molar-refractivity contribution in [3.8, 4) is 0 Å². The summed E-state index contributed by atoms with van der Waals surface area (Å²) in [7, 11) is -3.61. The maximum atomic E-state index is 17.3. The van der Waals surface area contributed by atoms with Crippen LogP contribution in [0.3, 0.4) is 0 Å². The van der Waals surface area contributed by atoms with Crippen molar-refractivity contribution in [2.45, 2.75) is 35.7 Å². The van der Waals surface area contributed by atoms with Gasteiger partial charge in [-0.1, -0.05) is 29.8 Å². The third-order valence-corrected chi connectivity index (χ3v) is 9.52. The summed E-state index contributed by atoms with van der Waals surface area (Å²) in [4.78, 5) is 17.5. The number of amides is 1. The van der Waals surface area contributed by atoms with Gasteiger partial charge in [-0.2, -0.15) is 0 Å². The summed E-state index contributed by atoms with van der Waals surface area (Å²) < 4.78 is 72.4. The zero-order valence-corrected chi connectivity index (χ0v) is 21.9. The number of halogens is 4. The van der Waals surface area contributed by atoms with Gasteiger partial charge in [0.2, 0.25) is 9.84 Å². The summed E-state index contributed by atoms with van der Waals surface area (Å²) in [6, 6.07) is 15.0. The van der Waals surface area contributed by atoms with Gasteiger partial charge in [-0.3, -0.25) is 4.79 Å². The first-order valence-corrected chi connectivity index (χ1v) is 13.8. The van der Waals surface area contributed by atoms with Crippen LogP contribution < -0.4 is 0 Å². The molecule has 1 aliphatic carbocycles. The van der Waals surface area contributed by atoms with Crippen LogP contribution in [-0.4, -0.2) is 36.3 Å². The van der Waals surface area contributed by atoms with Gasteiger partial charge in [0, 0.05) is 47.2 Å². The number of H-pyrrole nitrogens is 1. The number of aromatic amines is 1. The fourth-order valence-corrected chi connectivity index (χ4v) is 7.36. The Balaban J connectivity index is 1.56. The van der Waals surface area contributed by atoms with Gasteiger partial charge in [0.05, 0.1) is 4.90 Å². The second kappa shape index (κ2) is 9.78. The molecule has 0 saturated heterocycles. The fourth-order valence-electron chi connectivity index (χ4n) is 5.31. The van der Waals surface area contributed by atoms with Crippen molar-refractivity contribution >= 4 is 38.2 Å². The van der Waals surface area contributed by atoms with E-state index in [0.717, 1.165) is 33.5 Å². The Kier molecular flexibility index (Phi) is 6.77. The number of nitrogens with one attached hydrogen (secondary N) is 1. The minimum atomic E-state index is -4.83. The van der Waals surface area contributed by atoms with Crippen molar-refractivity contribution in [2.75, 3.05) is 7.05 Å². The van der Waals surface area contributed by atoms with Gasteiger partial charge in [0.1, 0.15) is 11.6 Å². The lowest BCUT2D eigenvalue weighted by molar-refractivity contribution is -0.141. The molecule has 0 bridgehead atoms. The largest absolute Gasteiger partial charge is 0.358 e. The number of alkyl halides is 1. The number of sulfone groups is 1. The Labute approximate surface area is 223 Å². The monoisotopic (exact) mass is 560 g/mol. The minimum absolute atomic E-state index is 0.0294. The van der Waals surface area contributed by atoms with Crippen molar-refractivity contribution in [3.63, 3.8) is 0 Å². The van der Waals surface area contributed by atoms with Gasteiger partial charge in [-0.05, 0) is 72.9 Å². The highest BCUT2D eigenvalue weighted by molar-refractivity contribution is 7.93. The molecule has 2 unspecified atom stereocenters. The minimum Gasteiger partial charge on any atom is -0.358 e. The van der Waals surface area contributed by atoms with Gasteiger partial charge in [-0.25, -0.2) is 21.6 Å². The van der Waals surface area contributed by atoms with Gasteiger partial charge >= 0.3 is 0 Å². The van der Waals surface area contributed by atoms with E-state index >= 15 is 4.39 Å². The predicted octanol–water partition coefficient (Wildman–Crippen LogP) is 6.00. The zero-order valence-electron chi connectivity index (χ0n) is 20.3. The van der Waals surface area contributed by atoms with Crippen LogP contribution in [-0.2, 0) is 34.0 Å². The lowest BCUT2D eigenvalue weighted by Gasteiger charge is -2.37. The summed E-state index contributed by atoms with van der Waals surface area (Å²) in [5.74, 6) is -4.23. The van der Waals surface area contributed by atoms with Crippen LogP contribution in [0.1, 0.15) is 23.2 Å². The molecule has 38 heavy (non-hydrogen) atoms. The molecule has 1 heterocycles. The topological polar surface area (TPSA) is 70.2 Å². The number of benzene rings is 3. The molecule has 1 N–H and O–H groups in total. The molecule has 4 aromatic rings. The van der Waals surface area contributed by atoms with Crippen LogP contribution >= 0.6 is 11.6 Å². The van der Waals surface area contributed by atoms with Gasteiger partial charge in [0.25, 0.3) is 10.9 Å². The summed E-state index contributed by atoms with van der Waals surface area (Å²) in [5.41, 5.74) is 2.41. The van der Waals surface area contributed by atoms with Crippen molar-refractivity contribution in [1.29, 1.82) is 0 Å². The van der Waals surface area contributed by atoms with Crippen LogP contribution in [0.15, 0.2) is 71.6 Å². The highest BCUT2D eigenvalue weighted by Gasteiger charge is 2.59. The molecule has 0 saturated carbocycles. The van der Waals surface area contributed by atoms with Gasteiger partial charge in [0.15, 0.2) is 0 Å². The summed E-state index contributed by atoms with van der Waals surface area (Å²) in [5, 5.41) is -1.92. The Bertz CT molecular complexity index is 1620. The molecular weight excluding hydrogens is 537 g/mol. The molecule has 3 aromatic carbocycles. The molecule has 5 rings (SSSR count). The molecule has 10 heteroatoms. The normalized spacial score (nSPS) is 17.1. The number of hydrogen-bond donors (Lipinski definition) is 1. The molecule has 0 fully saturated rings. The number of aromatic nitrogens is 1. The average Bonchev–Trinajstić information content (AvgIpc) is 3.24. The van der Waals surface area contributed by atoms with E-state index in [-0.39, 0.29) is 29.8 Å². The average molecular weight is 561 g/mol. The van der Waals surface area contributed by atoms with E-state index in [1.807, 2.05) is 0 Å². The van der Waals surface area contributed by atoms with E-state index in [9.17, 15) is 22.0 Å². The van der Waals surface area contributed by atoms with Crippen LogP contribution in [0.2, 0.25) is 5.02 Å². The lowest BCUT2D eigenvalue weighted by Crippen LogP contribution is -2.55. The highest BCUT2D eigenvalue weighted by Crippen LogP contribution is 2.44. The zero-order chi connectivity index (χ0) is 27.2. The van der Waals surface area contributed by atoms with Gasteiger partial charge < -0.3 is 9.88 Å². The number of rotatable bonds is 6. The van der Waals surface area contributed by atoms with Crippen molar-refractivity contribution in [2.24, 2.45) is 5.92 Å². The molecule has 0 aliphatic heterocycles. The fraction of sp³-hybridized carbons (Fsp3) is 0.250. The third kappa shape index (κ3) is 4.47. The quantitative estimate of drug-likeness (QED) is 0.314. The smallest absolute Gasteiger partial charge is 0.295 e. The molecule has 0 spiro atoms. The maximum Gasteiger partial charge on any atom is 0.295 e. The van der Waals surface area contributed by atoms with E-state index < -0.39 is 38.3 Å². The number of fused-ring (bicyclic) bond motifs is 3. The number of hydrogen-bond acceptors (Lipinski definition) is 3. The molecule has 2 atom stereocenters. The lowest BCUT2D eigenvalue weighted by atomic mass is 9.83. The highest BCUT2D eigenvalue weighted by atomic mass is 35.5. The molecule has 1 aliphatic rings. The molecule has 198 valence electrons. The Morgan fingerprint density at radius 2 is 1.76 bits per heavy atom. The first-order chi connectivity index (χ1) is 18.0. The maximum absolute atomic E-state index is 17.3. The summed E-state index contributed by atoms with van der Waals surface area (Å²) in [6.45, 7) is -0.383. The Morgan fingerprint density at radius 1 is 1.08 bits per heavy atom. The van der Waals surface area contributed by atoms with Crippen LogP contribution in [0.25, 0.3) is 10.9 Å². The van der Waals surface area contributed by atoms with Gasteiger partial charge in [-0.15, -0.1) is 0 Å². The van der Waals surface area contributed by atoms with Crippen molar-refractivity contribution in [3.05, 3.63) is 100 Å². The number of nitrogens with zero attached hydrogens (tertiary/aromatic N) is 1. The van der Waals surface area contributed by atoms with E-state index in [1.54, 1.807) is 24.3 Å². The number of aryl methyl sites for hydroxylation is 1. The summed E-state index contributed by atoms with van der Waals surface area (Å²) in [6.07, 6.45) is 0.393. The third-order valence-electron chi connectivity index (χ3n) is 7.10. The first kappa shape index (κ1) is 26.3. The van der Waals surface area contributed by atoms with Crippen LogP contribution in [0.4, 0.5) is 13.2 Å². The predicted molar refractivity (Wildman–Crippen MR) is 139 cm³/mol. The van der Waals surface area contributed by atoms with E-state index in [4.69, 9.17) is 11.6 Å². The molecule has 5 nitrogen and oxygen atoms in total. The van der Waals surface area contributed by atoms with Crippen molar-refractivity contribution < 1.29 is 26.4 Å². The molecule has 0 radical (unpaired) electrons. The van der Waals surface area contributed by atoms with E-state index in [1.165, 1.54) is 31.3 Å². The van der Waals surface area contributed by atoms with Crippen molar-refractivity contribution in [1.82, 2.24) is 9.88 Å². The second-order valence-corrected chi connectivity index (χ2v) is 12.1. The first-order valence-electron chi connectivity index (χ1n) is 12.0.